The molecule has 0 aromatic heterocycles. The molecule has 1 aromatic carbocycles. The van der Waals surface area contributed by atoms with Crippen LogP contribution in [0.5, 0.6) is 0 Å². The first kappa shape index (κ1) is 7.58. The highest BCUT2D eigenvalue weighted by molar-refractivity contribution is 5.49. The van der Waals surface area contributed by atoms with Gasteiger partial charge in [-0.3, -0.25) is 0 Å². The predicted molar refractivity (Wildman–Crippen MR) is 43.5 cm³/mol. The molecule has 0 saturated carbocycles. The van der Waals surface area contributed by atoms with Crippen LogP contribution in [0.3, 0.4) is 0 Å². The molecule has 1 rings (SSSR count). The number of aryl methyl sites for hydroxylation is 1. The average Bonchev–Trinajstić information content (AvgIpc) is 2.05. The van der Waals surface area contributed by atoms with Gasteiger partial charge in [0.1, 0.15) is 0 Å². The van der Waals surface area contributed by atoms with Gasteiger partial charge < -0.3 is 0 Å². The summed E-state index contributed by atoms with van der Waals surface area (Å²) in [5.41, 5.74) is 1.86. The molecule has 0 fully saturated rings. The Balaban J connectivity index is 2.92. The van der Waals surface area contributed by atoms with Gasteiger partial charge in [-0.2, -0.15) is 5.26 Å². The second-order valence-corrected chi connectivity index (χ2v) is 2.31. The van der Waals surface area contributed by atoms with Crippen molar-refractivity contribution in [3.05, 3.63) is 29.8 Å². The summed E-state index contributed by atoms with van der Waals surface area (Å²) in [5.74, 6) is 5.32. The molecule has 0 amide bonds. The summed E-state index contributed by atoms with van der Waals surface area (Å²) in [5, 5.41) is 9.44. The molecule has 3 nitrogen and oxygen atoms in total. The van der Waals surface area contributed by atoms with Crippen LogP contribution >= 0.6 is 0 Å². The number of benzene rings is 1. The minimum absolute atomic E-state index is 0.707. The molecule has 2 N–H and O–H groups in total. The Hall–Kier alpha value is -1.53. The van der Waals surface area contributed by atoms with E-state index in [4.69, 9.17) is 11.1 Å². The molecule has 3 heteroatoms. The van der Waals surface area contributed by atoms with E-state index in [1.165, 1.54) is 0 Å². The standard InChI is InChI=1S/C8H9N3/c1-7-2-4-8(5-3-7)11(10)6-9/h2-5H,10H2,1H3. The van der Waals surface area contributed by atoms with Gasteiger partial charge in [-0.05, 0) is 19.1 Å². The second kappa shape index (κ2) is 3.04. The summed E-state index contributed by atoms with van der Waals surface area (Å²) in [6.07, 6.45) is 1.81. The molecule has 1 aromatic rings. The fourth-order valence-electron chi connectivity index (χ4n) is 0.763. The van der Waals surface area contributed by atoms with Crippen molar-refractivity contribution < 1.29 is 0 Å². The molecular formula is C8H9N3. The van der Waals surface area contributed by atoms with Crippen LogP contribution in [0.25, 0.3) is 0 Å². The predicted octanol–water partition coefficient (Wildman–Crippen LogP) is 1.16. The molecule has 0 radical (unpaired) electrons. The lowest BCUT2D eigenvalue weighted by Gasteiger charge is -2.06. The second-order valence-electron chi connectivity index (χ2n) is 2.31. The van der Waals surface area contributed by atoms with Crippen LogP contribution in [0.15, 0.2) is 24.3 Å². The molecule has 0 unspecified atom stereocenters. The van der Waals surface area contributed by atoms with Gasteiger partial charge >= 0.3 is 0 Å². The summed E-state index contributed by atoms with van der Waals surface area (Å²) in [4.78, 5) is 0. The highest BCUT2D eigenvalue weighted by atomic mass is 15.4. The van der Waals surface area contributed by atoms with Gasteiger partial charge in [-0.1, -0.05) is 17.7 Å². The van der Waals surface area contributed by atoms with Crippen molar-refractivity contribution in [2.45, 2.75) is 6.92 Å². The average molecular weight is 147 g/mol. The molecule has 0 aliphatic rings. The van der Waals surface area contributed by atoms with Crippen molar-refractivity contribution in [1.82, 2.24) is 0 Å². The van der Waals surface area contributed by atoms with Crippen LogP contribution in [0.1, 0.15) is 5.56 Å². The van der Waals surface area contributed by atoms with Crippen LogP contribution < -0.4 is 10.9 Å². The molecule has 0 spiro atoms. The van der Waals surface area contributed by atoms with Gasteiger partial charge in [-0.15, -0.1) is 0 Å². The minimum Gasteiger partial charge on any atom is -0.234 e. The monoisotopic (exact) mass is 147 g/mol. The van der Waals surface area contributed by atoms with E-state index in [1.54, 1.807) is 12.1 Å². The van der Waals surface area contributed by atoms with Crippen molar-refractivity contribution in [3.8, 4) is 6.19 Å². The third kappa shape index (κ3) is 1.69. The fourth-order valence-corrected chi connectivity index (χ4v) is 0.763. The summed E-state index contributed by atoms with van der Waals surface area (Å²) in [6.45, 7) is 1.98. The van der Waals surface area contributed by atoms with Gasteiger partial charge in [0.05, 0.1) is 5.69 Å². The first-order valence-electron chi connectivity index (χ1n) is 3.25. The summed E-state index contributed by atoms with van der Waals surface area (Å²) >= 11 is 0. The highest BCUT2D eigenvalue weighted by Gasteiger charge is 1.96. The van der Waals surface area contributed by atoms with E-state index in [0.717, 1.165) is 10.6 Å². The van der Waals surface area contributed by atoms with Crippen molar-refractivity contribution in [2.24, 2.45) is 5.84 Å². The van der Waals surface area contributed by atoms with Crippen LogP contribution in [-0.4, -0.2) is 0 Å². The van der Waals surface area contributed by atoms with Gasteiger partial charge in [0.25, 0.3) is 0 Å². The smallest absolute Gasteiger partial charge is 0.200 e. The van der Waals surface area contributed by atoms with E-state index in [0.29, 0.717) is 5.69 Å². The fraction of sp³-hybridized carbons (Fsp3) is 0.125. The Morgan fingerprint density at radius 1 is 1.36 bits per heavy atom. The van der Waals surface area contributed by atoms with E-state index in [1.807, 2.05) is 25.2 Å². The molecular weight excluding hydrogens is 138 g/mol. The number of rotatable bonds is 1. The normalized spacial score (nSPS) is 8.82. The maximum Gasteiger partial charge on any atom is 0.200 e. The van der Waals surface area contributed by atoms with E-state index in [-0.39, 0.29) is 0 Å². The number of hydrazine groups is 1. The topological polar surface area (TPSA) is 53.0 Å². The molecule has 0 heterocycles. The Kier molecular flexibility index (Phi) is 2.09. The lowest BCUT2D eigenvalue weighted by molar-refractivity contribution is 1.09. The first-order valence-corrected chi connectivity index (χ1v) is 3.25. The zero-order chi connectivity index (χ0) is 8.27. The third-order valence-electron chi connectivity index (χ3n) is 1.42. The third-order valence-corrected chi connectivity index (χ3v) is 1.42. The SMILES string of the molecule is Cc1ccc(N(N)C#N)cc1. The van der Waals surface area contributed by atoms with Crippen molar-refractivity contribution in [2.75, 3.05) is 5.01 Å². The van der Waals surface area contributed by atoms with Gasteiger partial charge in [0.15, 0.2) is 6.19 Å². The number of anilines is 1. The number of nitriles is 1. The molecule has 0 aliphatic carbocycles. The zero-order valence-corrected chi connectivity index (χ0v) is 6.28. The maximum absolute atomic E-state index is 8.41. The Morgan fingerprint density at radius 2 is 1.91 bits per heavy atom. The van der Waals surface area contributed by atoms with Crippen molar-refractivity contribution >= 4 is 5.69 Å². The summed E-state index contributed by atoms with van der Waals surface area (Å²) in [7, 11) is 0. The molecule has 0 saturated heterocycles. The summed E-state index contributed by atoms with van der Waals surface area (Å²) in [6, 6.07) is 7.43. The van der Waals surface area contributed by atoms with Crippen LogP contribution in [0.2, 0.25) is 0 Å². The van der Waals surface area contributed by atoms with E-state index < -0.39 is 0 Å². The number of hydrogen-bond acceptors (Lipinski definition) is 3. The molecule has 0 bridgehead atoms. The van der Waals surface area contributed by atoms with Crippen molar-refractivity contribution in [3.63, 3.8) is 0 Å². The summed E-state index contributed by atoms with van der Waals surface area (Å²) < 4.78 is 0. The maximum atomic E-state index is 8.41. The molecule has 11 heavy (non-hydrogen) atoms. The van der Waals surface area contributed by atoms with Crippen LogP contribution in [0, 0.1) is 18.4 Å². The zero-order valence-electron chi connectivity index (χ0n) is 6.28. The molecule has 0 aliphatic heterocycles. The first-order chi connectivity index (χ1) is 5.24. The minimum atomic E-state index is 0.707. The van der Waals surface area contributed by atoms with Crippen molar-refractivity contribution in [1.29, 1.82) is 5.26 Å². The van der Waals surface area contributed by atoms with Gasteiger partial charge in [0, 0.05) is 0 Å². The Bertz CT molecular complexity index is 270. The Labute approximate surface area is 65.6 Å². The molecule has 56 valence electrons. The van der Waals surface area contributed by atoms with E-state index in [9.17, 15) is 0 Å². The van der Waals surface area contributed by atoms with Gasteiger partial charge in [0.2, 0.25) is 0 Å². The lowest BCUT2D eigenvalue weighted by Crippen LogP contribution is -2.24. The molecule has 0 atom stereocenters. The van der Waals surface area contributed by atoms with E-state index in [2.05, 4.69) is 0 Å². The number of nitrogens with two attached hydrogens (primary N) is 1. The highest BCUT2D eigenvalue weighted by Crippen LogP contribution is 2.10. The van der Waals surface area contributed by atoms with Gasteiger partial charge in [-0.25, -0.2) is 10.9 Å². The number of nitrogens with zero attached hydrogens (tertiary/aromatic N) is 2. The quantitative estimate of drug-likeness (QED) is 0.280. The van der Waals surface area contributed by atoms with Crippen LogP contribution in [0.4, 0.5) is 5.69 Å². The number of hydrogen-bond donors (Lipinski definition) is 1. The lowest BCUT2D eigenvalue weighted by atomic mass is 10.2. The Morgan fingerprint density at radius 3 is 2.36 bits per heavy atom. The largest absolute Gasteiger partial charge is 0.234 e. The van der Waals surface area contributed by atoms with E-state index >= 15 is 0 Å². The van der Waals surface area contributed by atoms with Crippen LogP contribution in [-0.2, 0) is 0 Å².